The van der Waals surface area contributed by atoms with E-state index in [-0.39, 0.29) is 18.6 Å². The highest BCUT2D eigenvalue weighted by atomic mass is 19.4. The van der Waals surface area contributed by atoms with Crippen LogP contribution in [0.15, 0.2) is 46.6 Å². The average molecular weight is 401 g/mol. The number of hydrogen-bond acceptors (Lipinski definition) is 6. The van der Waals surface area contributed by atoms with Gasteiger partial charge in [0, 0.05) is 5.70 Å². The maximum atomic E-state index is 12.3. The van der Waals surface area contributed by atoms with Crippen LogP contribution in [0.4, 0.5) is 13.2 Å². The van der Waals surface area contributed by atoms with Crippen molar-refractivity contribution in [3.63, 3.8) is 0 Å². The average Bonchev–Trinajstić information content (AvgIpc) is 2.60. The number of ether oxygens (including phenoxy) is 1. The highest BCUT2D eigenvalue weighted by molar-refractivity contribution is 5.94. The maximum absolute atomic E-state index is 12.3. The normalized spacial score (nSPS) is 16.3. The van der Waals surface area contributed by atoms with Gasteiger partial charge in [0.05, 0.1) is 11.6 Å². The number of aliphatic carboxylic acids is 1. The first-order valence-corrected chi connectivity index (χ1v) is 8.38. The first kappa shape index (κ1) is 23.0. The van der Waals surface area contributed by atoms with Crippen molar-refractivity contribution in [2.24, 2.45) is 10.7 Å². The molecule has 0 aliphatic carbocycles. The fraction of sp³-hybridized carbons (Fsp3) is 0.389. The monoisotopic (exact) mass is 401 g/mol. The molecular weight excluding hydrogens is 379 g/mol. The van der Waals surface area contributed by atoms with E-state index >= 15 is 0 Å². The molecule has 1 atom stereocenters. The molecule has 154 valence electrons. The Labute approximate surface area is 160 Å². The summed E-state index contributed by atoms with van der Waals surface area (Å²) in [6.45, 7) is 4.13. The first-order chi connectivity index (χ1) is 13.1. The minimum absolute atomic E-state index is 0.223. The van der Waals surface area contributed by atoms with Crippen LogP contribution in [0, 0.1) is 0 Å². The van der Waals surface area contributed by atoms with Gasteiger partial charge in [0.15, 0.2) is 5.96 Å². The van der Waals surface area contributed by atoms with Gasteiger partial charge in [-0.05, 0) is 18.9 Å². The molecule has 0 saturated carbocycles. The molecule has 1 aromatic rings. The molecule has 1 aromatic carbocycles. The fourth-order valence-corrected chi connectivity index (χ4v) is 2.35. The lowest BCUT2D eigenvalue weighted by Gasteiger charge is -2.23. The van der Waals surface area contributed by atoms with E-state index in [4.69, 9.17) is 20.4 Å². The zero-order valence-corrected chi connectivity index (χ0v) is 15.4. The van der Waals surface area contributed by atoms with Crippen molar-refractivity contribution in [2.45, 2.75) is 45.5 Å². The summed E-state index contributed by atoms with van der Waals surface area (Å²) in [5.41, 5.74) is 7.98. The number of guanidine groups is 1. The van der Waals surface area contributed by atoms with Crippen LogP contribution in [0.1, 0.15) is 32.3 Å². The van der Waals surface area contributed by atoms with Crippen molar-refractivity contribution in [1.82, 2.24) is 5.32 Å². The van der Waals surface area contributed by atoms with Crippen molar-refractivity contribution >= 4 is 17.9 Å². The zero-order valence-electron chi connectivity index (χ0n) is 15.4. The number of nitrogens with zero attached hydrogens (tertiary/aromatic N) is 1. The van der Waals surface area contributed by atoms with Crippen molar-refractivity contribution in [3.05, 3.63) is 47.2 Å². The number of allylic oxidation sites excluding steroid dienone is 1. The minimum atomic E-state index is -5.08. The predicted molar refractivity (Wildman–Crippen MR) is 96.1 cm³/mol. The van der Waals surface area contributed by atoms with Gasteiger partial charge in [-0.1, -0.05) is 43.7 Å². The van der Waals surface area contributed by atoms with Gasteiger partial charge in [-0.2, -0.15) is 13.2 Å². The molecule has 1 heterocycles. The number of benzene rings is 1. The van der Waals surface area contributed by atoms with E-state index in [9.17, 15) is 18.0 Å². The number of nitrogens with one attached hydrogen (secondary N) is 1. The number of aliphatic imine (C=N–C) groups is 1. The van der Waals surface area contributed by atoms with Gasteiger partial charge in [0.1, 0.15) is 6.61 Å². The third-order valence-electron chi connectivity index (χ3n) is 3.59. The van der Waals surface area contributed by atoms with Crippen molar-refractivity contribution in [2.75, 3.05) is 0 Å². The minimum Gasteiger partial charge on any atom is -0.475 e. The van der Waals surface area contributed by atoms with E-state index in [0.29, 0.717) is 11.5 Å². The lowest BCUT2D eigenvalue weighted by Crippen LogP contribution is -2.39. The lowest BCUT2D eigenvalue weighted by molar-refractivity contribution is -0.192. The molecule has 0 saturated heterocycles. The van der Waals surface area contributed by atoms with E-state index in [1.807, 2.05) is 37.3 Å². The number of carboxylic acid groups (broad SMARTS) is 1. The van der Waals surface area contributed by atoms with E-state index < -0.39 is 12.1 Å². The predicted octanol–water partition coefficient (Wildman–Crippen LogP) is 2.72. The van der Waals surface area contributed by atoms with Gasteiger partial charge in [-0.3, -0.25) is 0 Å². The second-order valence-electron chi connectivity index (χ2n) is 5.85. The van der Waals surface area contributed by atoms with E-state index in [2.05, 4.69) is 17.2 Å². The summed E-state index contributed by atoms with van der Waals surface area (Å²) in [5, 5.41) is 10.0. The molecule has 1 unspecified atom stereocenters. The molecule has 0 spiro atoms. The van der Waals surface area contributed by atoms with Crippen LogP contribution in [-0.2, 0) is 20.9 Å². The van der Waals surface area contributed by atoms with Crippen molar-refractivity contribution in [3.8, 4) is 0 Å². The summed E-state index contributed by atoms with van der Waals surface area (Å²) in [4.78, 5) is 25.5. The fourth-order valence-electron chi connectivity index (χ4n) is 2.35. The summed E-state index contributed by atoms with van der Waals surface area (Å²) in [6, 6.07) is 9.39. The molecule has 2 rings (SSSR count). The van der Waals surface area contributed by atoms with Gasteiger partial charge >= 0.3 is 18.1 Å². The maximum Gasteiger partial charge on any atom is 0.490 e. The highest BCUT2D eigenvalue weighted by Crippen LogP contribution is 2.21. The van der Waals surface area contributed by atoms with E-state index in [0.717, 1.165) is 24.1 Å². The number of halogens is 3. The second kappa shape index (κ2) is 10.3. The molecular formula is C18H22F3N3O4. The molecule has 0 aromatic heterocycles. The number of alkyl halides is 3. The van der Waals surface area contributed by atoms with E-state index in [1.165, 1.54) is 0 Å². The number of hydrogen-bond donors (Lipinski definition) is 3. The standard InChI is InChI=1S/C16H21N3O2.C2HF3O2/c1-3-7-13-14(11(2)18-16(17)19-13)15(20)21-10-12-8-5-4-6-9-12;3-2(4,5)1(6)7/h4-6,8-9,13H,3,7,10H2,1-2H3,(H3,17,18,19);(H,6,7). The largest absolute Gasteiger partial charge is 0.490 e. The van der Waals surface area contributed by atoms with Crippen molar-refractivity contribution in [1.29, 1.82) is 0 Å². The van der Waals surface area contributed by atoms with Gasteiger partial charge in [0.25, 0.3) is 0 Å². The molecule has 0 amide bonds. The molecule has 0 bridgehead atoms. The second-order valence-corrected chi connectivity index (χ2v) is 5.85. The van der Waals surface area contributed by atoms with Gasteiger partial charge < -0.3 is 20.9 Å². The Hall–Kier alpha value is -3.04. The lowest BCUT2D eigenvalue weighted by atomic mass is 10.00. The molecule has 4 N–H and O–H groups in total. The number of carbonyl (C=O) groups excluding carboxylic acids is 1. The first-order valence-electron chi connectivity index (χ1n) is 8.38. The number of rotatable bonds is 5. The number of esters is 1. The van der Waals surface area contributed by atoms with Crippen LogP contribution < -0.4 is 11.1 Å². The molecule has 10 heteroatoms. The Bertz CT molecular complexity index is 746. The van der Waals surface area contributed by atoms with E-state index in [1.54, 1.807) is 0 Å². The highest BCUT2D eigenvalue weighted by Gasteiger charge is 2.38. The van der Waals surface area contributed by atoms with Crippen LogP contribution in [0.5, 0.6) is 0 Å². The van der Waals surface area contributed by atoms with Crippen LogP contribution >= 0.6 is 0 Å². The molecule has 7 nitrogen and oxygen atoms in total. The number of carboxylic acids is 1. The van der Waals surface area contributed by atoms with Crippen LogP contribution in [0.2, 0.25) is 0 Å². The van der Waals surface area contributed by atoms with Crippen molar-refractivity contribution < 1.29 is 32.6 Å². The summed E-state index contributed by atoms with van der Waals surface area (Å²) in [6.07, 6.45) is -3.39. The number of carbonyl (C=O) groups is 2. The third-order valence-corrected chi connectivity index (χ3v) is 3.59. The van der Waals surface area contributed by atoms with Crippen LogP contribution in [0.3, 0.4) is 0 Å². The molecule has 1 aliphatic rings. The van der Waals surface area contributed by atoms with Gasteiger partial charge in [-0.15, -0.1) is 0 Å². The Kier molecular flexibility index (Phi) is 8.49. The Morgan fingerprint density at radius 3 is 2.36 bits per heavy atom. The smallest absolute Gasteiger partial charge is 0.475 e. The Morgan fingerprint density at radius 1 is 1.29 bits per heavy atom. The summed E-state index contributed by atoms with van der Waals surface area (Å²) in [7, 11) is 0. The quantitative estimate of drug-likeness (QED) is 0.654. The summed E-state index contributed by atoms with van der Waals surface area (Å²) in [5.74, 6) is -2.74. The Balaban J connectivity index is 0.000000480. The summed E-state index contributed by atoms with van der Waals surface area (Å²) < 4.78 is 37.1. The Morgan fingerprint density at radius 2 is 1.86 bits per heavy atom. The third kappa shape index (κ3) is 7.29. The topological polar surface area (TPSA) is 114 Å². The van der Waals surface area contributed by atoms with Crippen LogP contribution in [0.25, 0.3) is 0 Å². The molecule has 28 heavy (non-hydrogen) atoms. The number of nitrogens with two attached hydrogens (primary N) is 1. The van der Waals surface area contributed by atoms with Gasteiger partial charge in [-0.25, -0.2) is 14.6 Å². The molecule has 0 fully saturated rings. The van der Waals surface area contributed by atoms with Crippen LogP contribution in [-0.4, -0.2) is 35.2 Å². The molecule has 0 radical (unpaired) electrons. The summed E-state index contributed by atoms with van der Waals surface area (Å²) >= 11 is 0. The SMILES string of the molecule is CCCC1N=C(N)NC(C)=C1C(=O)OCc1ccccc1.O=C(O)C(F)(F)F. The van der Waals surface area contributed by atoms with Gasteiger partial charge in [0.2, 0.25) is 0 Å². The zero-order chi connectivity index (χ0) is 21.3. The molecule has 1 aliphatic heterocycles.